The number of para-hydroxylation sites is 1. The summed E-state index contributed by atoms with van der Waals surface area (Å²) in [6.07, 6.45) is 9.53. The van der Waals surface area contributed by atoms with Crippen molar-refractivity contribution in [3.05, 3.63) is 29.8 Å². The van der Waals surface area contributed by atoms with Crippen molar-refractivity contribution in [2.75, 3.05) is 0 Å². The van der Waals surface area contributed by atoms with Crippen LogP contribution >= 0.6 is 0 Å². The van der Waals surface area contributed by atoms with Gasteiger partial charge in [-0.15, -0.1) is 0 Å². The molecule has 7 heteroatoms. The number of ether oxygens (including phenoxy) is 1. The van der Waals surface area contributed by atoms with Crippen molar-refractivity contribution in [2.45, 2.75) is 71.5 Å². The van der Waals surface area contributed by atoms with Crippen molar-refractivity contribution in [3.63, 3.8) is 0 Å². The van der Waals surface area contributed by atoms with E-state index >= 15 is 0 Å². The summed E-state index contributed by atoms with van der Waals surface area (Å²) in [4.78, 5) is 0. The van der Waals surface area contributed by atoms with Gasteiger partial charge >= 0.3 is 10.4 Å². The topological polar surface area (TPSA) is 104 Å². The summed E-state index contributed by atoms with van der Waals surface area (Å²) in [5.41, 5.74) is 1.21. The number of unbranched alkanes of at least 4 members (excludes halogenated alkanes) is 6. The molecule has 0 aliphatic carbocycles. The molecule has 1 unspecified atom stereocenters. The fraction of sp³-hybridized carbons (Fsp3) is 0.647. The molecule has 0 fully saturated rings. The Morgan fingerprint density at radius 3 is 2.04 bits per heavy atom. The number of aliphatic hydroxyl groups excluding tert-OH is 1. The molecule has 1 aromatic carbocycles. The molecule has 0 bridgehead atoms. The van der Waals surface area contributed by atoms with E-state index in [0.29, 0.717) is 0 Å². The number of aryl methyl sites for hydroxylation is 1. The molecule has 0 aromatic heterocycles. The summed E-state index contributed by atoms with van der Waals surface area (Å²) in [5.74, 6) is 0.823. The third-order valence-electron chi connectivity index (χ3n) is 3.32. The highest BCUT2D eigenvalue weighted by Gasteiger charge is 2.05. The van der Waals surface area contributed by atoms with Crippen LogP contribution in [0.3, 0.4) is 0 Å². The maximum atomic E-state index is 9.30. The highest BCUT2D eigenvalue weighted by atomic mass is 32.3. The van der Waals surface area contributed by atoms with Gasteiger partial charge in [0.05, 0.1) is 0 Å². The van der Waals surface area contributed by atoms with Gasteiger partial charge in [0.1, 0.15) is 5.75 Å². The fourth-order valence-electron chi connectivity index (χ4n) is 2.28. The highest BCUT2D eigenvalue weighted by molar-refractivity contribution is 7.79. The lowest BCUT2D eigenvalue weighted by Crippen LogP contribution is -2.10. The van der Waals surface area contributed by atoms with E-state index in [4.69, 9.17) is 22.3 Å². The SMILES string of the molecule is CCCCCCCCCc1ccccc1OC(C)O.O=S(=O)(O)O. The Bertz CT molecular complexity index is 520. The maximum Gasteiger partial charge on any atom is 0.394 e. The second kappa shape index (κ2) is 13.2. The Kier molecular flexibility index (Phi) is 12.5. The van der Waals surface area contributed by atoms with Crippen LogP contribution in [0.2, 0.25) is 0 Å². The molecule has 0 saturated heterocycles. The van der Waals surface area contributed by atoms with E-state index in [0.717, 1.165) is 12.2 Å². The van der Waals surface area contributed by atoms with Gasteiger partial charge in [0.25, 0.3) is 0 Å². The first kappa shape index (κ1) is 22.9. The first-order valence-electron chi connectivity index (χ1n) is 8.36. The minimum absolute atomic E-state index is 0.741. The molecule has 140 valence electrons. The van der Waals surface area contributed by atoms with Gasteiger partial charge in [0.15, 0.2) is 6.29 Å². The molecule has 0 aliphatic rings. The first-order valence-corrected chi connectivity index (χ1v) is 9.76. The zero-order valence-corrected chi connectivity index (χ0v) is 15.3. The van der Waals surface area contributed by atoms with Crippen LogP contribution in [0.25, 0.3) is 0 Å². The van der Waals surface area contributed by atoms with Crippen LogP contribution < -0.4 is 4.74 Å². The molecule has 24 heavy (non-hydrogen) atoms. The molecule has 0 heterocycles. The van der Waals surface area contributed by atoms with Gasteiger partial charge in [-0.25, -0.2) is 0 Å². The van der Waals surface area contributed by atoms with Crippen molar-refractivity contribution in [3.8, 4) is 5.75 Å². The molecule has 3 N–H and O–H groups in total. The van der Waals surface area contributed by atoms with Crippen LogP contribution in [0.15, 0.2) is 24.3 Å². The van der Waals surface area contributed by atoms with Crippen LogP contribution in [0, 0.1) is 0 Å². The van der Waals surface area contributed by atoms with Crippen LogP contribution in [0.1, 0.15) is 64.4 Å². The van der Waals surface area contributed by atoms with Gasteiger partial charge in [0.2, 0.25) is 0 Å². The standard InChI is InChI=1S/C17H28O2.H2O4S/c1-3-4-5-6-7-8-9-12-16-13-10-11-14-17(16)19-15(2)18;1-5(2,3)4/h10-11,13-15,18H,3-9,12H2,1-2H3;(H2,1,2,3,4). The third-order valence-corrected chi connectivity index (χ3v) is 3.32. The quantitative estimate of drug-likeness (QED) is 0.330. The minimum atomic E-state index is -4.67. The monoisotopic (exact) mass is 362 g/mol. The number of aliphatic hydroxyl groups is 1. The normalized spacial score (nSPS) is 12.2. The molecule has 0 saturated carbocycles. The molecule has 0 radical (unpaired) electrons. The smallest absolute Gasteiger partial charge is 0.394 e. The average molecular weight is 362 g/mol. The Morgan fingerprint density at radius 2 is 1.50 bits per heavy atom. The van der Waals surface area contributed by atoms with Crippen molar-refractivity contribution < 1.29 is 27.4 Å². The number of benzene rings is 1. The lowest BCUT2D eigenvalue weighted by atomic mass is 10.0. The fourth-order valence-corrected chi connectivity index (χ4v) is 2.28. The summed E-state index contributed by atoms with van der Waals surface area (Å²) in [6.45, 7) is 3.89. The van der Waals surface area contributed by atoms with Gasteiger partial charge in [-0.2, -0.15) is 8.42 Å². The summed E-state index contributed by atoms with van der Waals surface area (Å²) >= 11 is 0. The van der Waals surface area contributed by atoms with Gasteiger partial charge < -0.3 is 9.84 Å². The molecule has 6 nitrogen and oxygen atoms in total. The van der Waals surface area contributed by atoms with Crippen molar-refractivity contribution >= 4 is 10.4 Å². The zero-order valence-electron chi connectivity index (χ0n) is 14.5. The highest BCUT2D eigenvalue weighted by Crippen LogP contribution is 2.21. The van der Waals surface area contributed by atoms with Gasteiger partial charge in [-0.3, -0.25) is 9.11 Å². The van der Waals surface area contributed by atoms with E-state index in [2.05, 4.69) is 13.0 Å². The van der Waals surface area contributed by atoms with Crippen LogP contribution in [-0.2, 0) is 16.8 Å². The molecular weight excluding hydrogens is 332 g/mol. The Morgan fingerprint density at radius 1 is 1.00 bits per heavy atom. The summed E-state index contributed by atoms with van der Waals surface area (Å²) in [6, 6.07) is 8.01. The van der Waals surface area contributed by atoms with Gasteiger partial charge in [0, 0.05) is 0 Å². The zero-order chi connectivity index (χ0) is 18.4. The van der Waals surface area contributed by atoms with Crippen LogP contribution in [0.5, 0.6) is 5.75 Å². The largest absolute Gasteiger partial charge is 0.465 e. The number of hydrogen-bond donors (Lipinski definition) is 3. The minimum Gasteiger partial charge on any atom is -0.465 e. The molecule has 1 aromatic rings. The maximum absolute atomic E-state index is 9.30. The molecule has 1 rings (SSSR count). The average Bonchev–Trinajstić information content (AvgIpc) is 2.45. The van der Waals surface area contributed by atoms with Crippen molar-refractivity contribution in [2.24, 2.45) is 0 Å². The van der Waals surface area contributed by atoms with E-state index in [-0.39, 0.29) is 0 Å². The van der Waals surface area contributed by atoms with Crippen molar-refractivity contribution in [1.29, 1.82) is 0 Å². The molecule has 0 spiro atoms. The van der Waals surface area contributed by atoms with E-state index in [1.807, 2.05) is 18.2 Å². The number of hydrogen-bond acceptors (Lipinski definition) is 4. The Balaban J connectivity index is 0.000000922. The van der Waals surface area contributed by atoms with E-state index in [1.165, 1.54) is 50.5 Å². The van der Waals surface area contributed by atoms with Crippen LogP contribution in [-0.4, -0.2) is 28.9 Å². The third kappa shape index (κ3) is 15.7. The predicted octanol–water partition coefficient (Wildman–Crippen LogP) is 4.04. The molecule has 0 aliphatic heterocycles. The first-order chi connectivity index (χ1) is 11.2. The molecule has 0 amide bonds. The summed E-state index contributed by atoms with van der Waals surface area (Å²) in [7, 11) is -4.67. The second-order valence-electron chi connectivity index (χ2n) is 5.64. The van der Waals surface area contributed by atoms with Gasteiger partial charge in [-0.05, 0) is 31.4 Å². The van der Waals surface area contributed by atoms with Gasteiger partial charge in [-0.1, -0.05) is 63.6 Å². The Hall–Kier alpha value is -1.15. The van der Waals surface area contributed by atoms with Crippen LogP contribution in [0.4, 0.5) is 0 Å². The number of rotatable bonds is 10. The molecular formula is C17H30O6S. The predicted molar refractivity (Wildman–Crippen MR) is 94.6 cm³/mol. The Labute approximate surface area is 145 Å². The lowest BCUT2D eigenvalue weighted by molar-refractivity contribution is -0.00102. The second-order valence-corrected chi connectivity index (χ2v) is 6.54. The lowest BCUT2D eigenvalue weighted by Gasteiger charge is -2.13. The van der Waals surface area contributed by atoms with Crippen molar-refractivity contribution in [1.82, 2.24) is 0 Å². The summed E-state index contributed by atoms with van der Waals surface area (Å²) < 4.78 is 37.0. The summed E-state index contributed by atoms with van der Waals surface area (Å²) in [5, 5.41) is 9.30. The van der Waals surface area contributed by atoms with E-state index in [9.17, 15) is 5.11 Å². The molecule has 1 atom stereocenters. The van der Waals surface area contributed by atoms with E-state index in [1.54, 1.807) is 6.92 Å². The van der Waals surface area contributed by atoms with E-state index < -0.39 is 16.7 Å².